The summed E-state index contributed by atoms with van der Waals surface area (Å²) in [4.78, 5) is 28.5. The van der Waals surface area contributed by atoms with E-state index in [0.29, 0.717) is 6.54 Å². The Kier molecular flexibility index (Phi) is 5.71. The summed E-state index contributed by atoms with van der Waals surface area (Å²) in [6.07, 6.45) is 0. The highest BCUT2D eigenvalue weighted by Gasteiger charge is 2.10. The lowest BCUT2D eigenvalue weighted by Gasteiger charge is -2.13. The quantitative estimate of drug-likeness (QED) is 0.630. The van der Waals surface area contributed by atoms with Gasteiger partial charge in [0.2, 0.25) is 5.91 Å². The fourth-order valence-electron chi connectivity index (χ4n) is 2.94. The summed E-state index contributed by atoms with van der Waals surface area (Å²) in [5, 5.41) is 8.98. The van der Waals surface area contributed by atoms with Crippen molar-refractivity contribution in [3.8, 4) is 0 Å². The van der Waals surface area contributed by atoms with E-state index >= 15 is 0 Å². The molecule has 0 bridgehead atoms. The van der Waals surface area contributed by atoms with Gasteiger partial charge < -0.3 is 16.0 Å². The van der Waals surface area contributed by atoms with Crippen LogP contribution in [0.4, 0.5) is 10.5 Å². The normalized spacial score (nSPS) is 10.6. The summed E-state index contributed by atoms with van der Waals surface area (Å²) in [5.74, 6) is -0.264. The largest absolute Gasteiger partial charge is 0.332 e. The molecule has 27 heavy (non-hydrogen) atoms. The second kappa shape index (κ2) is 8.18. The van der Waals surface area contributed by atoms with Crippen molar-refractivity contribution in [2.45, 2.75) is 27.3 Å². The van der Waals surface area contributed by atoms with E-state index in [9.17, 15) is 9.59 Å². The molecule has 0 saturated heterocycles. The highest BCUT2D eigenvalue weighted by atomic mass is 32.1. The number of amides is 3. The monoisotopic (exact) mass is 382 g/mol. The number of para-hydroxylation sites is 1. The fourth-order valence-corrected chi connectivity index (χ4v) is 3.84. The van der Waals surface area contributed by atoms with Gasteiger partial charge in [0.25, 0.3) is 0 Å². The van der Waals surface area contributed by atoms with Crippen LogP contribution in [0.1, 0.15) is 21.7 Å². The maximum Gasteiger partial charge on any atom is 0.315 e. The van der Waals surface area contributed by atoms with Crippen LogP contribution < -0.4 is 16.0 Å². The van der Waals surface area contributed by atoms with Gasteiger partial charge >= 0.3 is 6.03 Å². The summed E-state index contributed by atoms with van der Waals surface area (Å²) in [6.45, 7) is 6.14. The van der Waals surface area contributed by atoms with E-state index in [4.69, 9.17) is 0 Å². The first-order valence-electron chi connectivity index (χ1n) is 8.66. The predicted octanol–water partition coefficient (Wildman–Crippen LogP) is 3.66. The molecule has 0 spiro atoms. The van der Waals surface area contributed by atoms with Gasteiger partial charge in [-0.3, -0.25) is 4.79 Å². The number of hydrogen-bond acceptors (Lipinski definition) is 4. The van der Waals surface area contributed by atoms with Crippen molar-refractivity contribution in [3.63, 3.8) is 0 Å². The number of benzene rings is 2. The zero-order valence-corrected chi connectivity index (χ0v) is 16.4. The maximum atomic E-state index is 12.1. The molecule has 2 aromatic carbocycles. The number of carbonyl (C=O) groups is 2. The average Bonchev–Trinajstić information content (AvgIpc) is 3.04. The zero-order valence-electron chi connectivity index (χ0n) is 15.6. The molecular weight excluding hydrogens is 360 g/mol. The lowest BCUT2D eigenvalue weighted by Crippen LogP contribution is -2.39. The van der Waals surface area contributed by atoms with Gasteiger partial charge in [0.05, 0.1) is 23.3 Å². The molecule has 140 valence electrons. The zero-order chi connectivity index (χ0) is 19.4. The third-order valence-electron chi connectivity index (χ3n) is 4.09. The molecule has 3 rings (SSSR count). The number of urea groups is 1. The number of nitrogens with zero attached hydrogens (tertiary/aromatic N) is 1. The van der Waals surface area contributed by atoms with E-state index in [1.54, 1.807) is 0 Å². The van der Waals surface area contributed by atoms with Gasteiger partial charge in [0.15, 0.2) is 0 Å². The van der Waals surface area contributed by atoms with Gasteiger partial charge in [-0.2, -0.15) is 0 Å². The van der Waals surface area contributed by atoms with Crippen LogP contribution >= 0.6 is 11.3 Å². The van der Waals surface area contributed by atoms with Crippen LogP contribution in [-0.2, 0) is 11.3 Å². The average molecular weight is 382 g/mol. The Hall–Kier alpha value is -2.93. The van der Waals surface area contributed by atoms with E-state index in [1.165, 1.54) is 11.3 Å². The third-order valence-corrected chi connectivity index (χ3v) is 5.13. The number of nitrogens with one attached hydrogen (secondary N) is 3. The van der Waals surface area contributed by atoms with Gasteiger partial charge in [-0.05, 0) is 44.0 Å². The second-order valence-corrected chi connectivity index (χ2v) is 7.55. The van der Waals surface area contributed by atoms with Crippen LogP contribution in [0.5, 0.6) is 0 Å². The molecule has 1 aromatic heterocycles. The summed E-state index contributed by atoms with van der Waals surface area (Å²) in [7, 11) is 0. The Morgan fingerprint density at radius 1 is 1.04 bits per heavy atom. The first kappa shape index (κ1) is 18.8. The topological polar surface area (TPSA) is 83.1 Å². The molecule has 1 heterocycles. The SMILES string of the molecule is Cc1cc(C)c(NC(=O)CNC(=O)NCc2nc3ccccc3s2)c(C)c1. The van der Waals surface area contributed by atoms with Crippen molar-refractivity contribution in [1.82, 2.24) is 15.6 Å². The third kappa shape index (κ3) is 4.83. The molecule has 3 N–H and O–H groups in total. The van der Waals surface area contributed by atoms with Gasteiger partial charge in [-0.15, -0.1) is 11.3 Å². The smallest absolute Gasteiger partial charge is 0.315 e. The second-order valence-electron chi connectivity index (χ2n) is 6.43. The molecule has 0 fully saturated rings. The molecule has 0 aliphatic carbocycles. The Morgan fingerprint density at radius 2 is 1.74 bits per heavy atom. The van der Waals surface area contributed by atoms with E-state index in [1.807, 2.05) is 57.2 Å². The molecule has 0 saturated carbocycles. The molecule has 3 amide bonds. The number of anilines is 1. The molecule has 3 aromatic rings. The number of fused-ring (bicyclic) bond motifs is 1. The van der Waals surface area contributed by atoms with Crippen molar-refractivity contribution in [2.75, 3.05) is 11.9 Å². The van der Waals surface area contributed by atoms with Crippen LogP contribution in [0.2, 0.25) is 0 Å². The number of rotatable bonds is 5. The van der Waals surface area contributed by atoms with Crippen LogP contribution in [0.15, 0.2) is 36.4 Å². The van der Waals surface area contributed by atoms with Crippen LogP contribution in [0, 0.1) is 20.8 Å². The van der Waals surface area contributed by atoms with E-state index in [-0.39, 0.29) is 12.5 Å². The van der Waals surface area contributed by atoms with Crippen molar-refractivity contribution in [3.05, 3.63) is 58.1 Å². The molecule has 0 radical (unpaired) electrons. The minimum Gasteiger partial charge on any atom is -0.332 e. The highest BCUT2D eigenvalue weighted by molar-refractivity contribution is 7.18. The van der Waals surface area contributed by atoms with Crippen molar-refractivity contribution < 1.29 is 9.59 Å². The number of thiazole rings is 1. The fraction of sp³-hybridized carbons (Fsp3) is 0.250. The van der Waals surface area contributed by atoms with Crippen molar-refractivity contribution >= 4 is 39.2 Å². The summed E-state index contributed by atoms with van der Waals surface area (Å²) in [5.41, 5.74) is 4.86. The Balaban J connectivity index is 1.48. The molecule has 7 heteroatoms. The summed E-state index contributed by atoms with van der Waals surface area (Å²) >= 11 is 1.54. The number of aryl methyl sites for hydroxylation is 3. The van der Waals surface area contributed by atoms with Crippen molar-refractivity contribution in [2.24, 2.45) is 0 Å². The molecular formula is C20H22N4O2S. The highest BCUT2D eigenvalue weighted by Crippen LogP contribution is 2.22. The number of aromatic nitrogens is 1. The van der Waals surface area contributed by atoms with Gasteiger partial charge in [0.1, 0.15) is 5.01 Å². The van der Waals surface area contributed by atoms with Crippen molar-refractivity contribution in [1.29, 1.82) is 0 Å². The van der Waals surface area contributed by atoms with Gasteiger partial charge in [-0.25, -0.2) is 9.78 Å². The van der Waals surface area contributed by atoms with Crippen LogP contribution in [-0.4, -0.2) is 23.5 Å². The van der Waals surface area contributed by atoms with E-state index in [0.717, 1.165) is 37.6 Å². The lowest BCUT2D eigenvalue weighted by molar-refractivity contribution is -0.115. The van der Waals surface area contributed by atoms with Gasteiger partial charge in [-0.1, -0.05) is 29.8 Å². The Bertz CT molecular complexity index is 941. The first-order chi connectivity index (χ1) is 12.9. The lowest BCUT2D eigenvalue weighted by atomic mass is 10.1. The minimum atomic E-state index is -0.401. The van der Waals surface area contributed by atoms with Crippen LogP contribution in [0.3, 0.4) is 0 Å². The van der Waals surface area contributed by atoms with E-state index < -0.39 is 6.03 Å². The molecule has 0 atom stereocenters. The molecule has 0 aliphatic rings. The molecule has 0 aliphatic heterocycles. The maximum absolute atomic E-state index is 12.1. The van der Waals surface area contributed by atoms with Crippen LogP contribution in [0.25, 0.3) is 10.2 Å². The molecule has 0 unspecified atom stereocenters. The number of carbonyl (C=O) groups excluding carboxylic acids is 2. The Morgan fingerprint density at radius 3 is 2.44 bits per heavy atom. The summed E-state index contributed by atoms with van der Waals surface area (Å²) < 4.78 is 1.08. The van der Waals surface area contributed by atoms with E-state index in [2.05, 4.69) is 20.9 Å². The summed E-state index contributed by atoms with van der Waals surface area (Å²) in [6, 6.07) is 11.5. The first-order valence-corrected chi connectivity index (χ1v) is 9.48. The van der Waals surface area contributed by atoms with Gasteiger partial charge in [0, 0.05) is 5.69 Å². The number of hydrogen-bond donors (Lipinski definition) is 3. The predicted molar refractivity (Wildman–Crippen MR) is 109 cm³/mol. The minimum absolute atomic E-state index is 0.0988. The molecule has 6 nitrogen and oxygen atoms in total. The standard InChI is InChI=1S/C20H22N4O2S/c1-12-8-13(2)19(14(3)9-12)24-17(25)10-21-20(26)22-11-18-23-15-6-4-5-7-16(15)27-18/h4-9H,10-11H2,1-3H3,(H,24,25)(H2,21,22,26). The Labute approximate surface area is 162 Å².